The standard InChI is InChI=1S/C9H16N4S/c1-3-5-7-8(13-10)11-6-12-9(7)14-4-2/h6H,3-5,10H2,1-2H3,(H,11,12,13). The van der Waals surface area contributed by atoms with Crippen LogP contribution in [0.5, 0.6) is 0 Å². The lowest BCUT2D eigenvalue weighted by Gasteiger charge is -2.10. The van der Waals surface area contributed by atoms with Crippen molar-refractivity contribution in [2.24, 2.45) is 5.84 Å². The highest BCUT2D eigenvalue weighted by Gasteiger charge is 2.09. The molecule has 3 N–H and O–H groups in total. The Bertz CT molecular complexity index is 290. The van der Waals surface area contributed by atoms with Crippen LogP contribution in [0.25, 0.3) is 0 Å². The molecule has 0 unspecified atom stereocenters. The second kappa shape index (κ2) is 5.82. The molecular weight excluding hydrogens is 196 g/mol. The van der Waals surface area contributed by atoms with E-state index in [1.54, 1.807) is 18.1 Å². The number of hydrazine groups is 1. The van der Waals surface area contributed by atoms with E-state index in [1.165, 1.54) is 0 Å². The Morgan fingerprint density at radius 3 is 2.79 bits per heavy atom. The molecule has 1 aromatic rings. The van der Waals surface area contributed by atoms with Crippen molar-refractivity contribution in [3.05, 3.63) is 11.9 Å². The van der Waals surface area contributed by atoms with Gasteiger partial charge >= 0.3 is 0 Å². The SMILES string of the molecule is CCCc1c(NN)ncnc1SCC. The number of thioether (sulfide) groups is 1. The molecule has 78 valence electrons. The first-order valence-corrected chi connectivity index (χ1v) is 5.75. The third kappa shape index (κ3) is 2.59. The maximum atomic E-state index is 5.40. The number of aromatic nitrogens is 2. The first-order valence-electron chi connectivity index (χ1n) is 4.76. The van der Waals surface area contributed by atoms with Gasteiger partial charge in [0.1, 0.15) is 17.2 Å². The third-order valence-corrected chi connectivity index (χ3v) is 2.74. The largest absolute Gasteiger partial charge is 0.308 e. The molecular formula is C9H16N4S. The number of nitrogen functional groups attached to an aromatic ring is 1. The molecule has 0 fully saturated rings. The molecule has 0 amide bonds. The molecule has 4 nitrogen and oxygen atoms in total. The molecule has 14 heavy (non-hydrogen) atoms. The summed E-state index contributed by atoms with van der Waals surface area (Å²) in [4.78, 5) is 8.35. The van der Waals surface area contributed by atoms with Crippen molar-refractivity contribution in [3.8, 4) is 0 Å². The number of rotatable bonds is 5. The number of hydrogen-bond donors (Lipinski definition) is 2. The van der Waals surface area contributed by atoms with E-state index in [-0.39, 0.29) is 0 Å². The molecule has 1 heterocycles. The summed E-state index contributed by atoms with van der Waals surface area (Å²) in [5.41, 5.74) is 3.74. The van der Waals surface area contributed by atoms with Crippen LogP contribution in [0.1, 0.15) is 25.8 Å². The highest BCUT2D eigenvalue weighted by atomic mass is 32.2. The molecule has 0 spiro atoms. The molecule has 5 heteroatoms. The number of anilines is 1. The van der Waals surface area contributed by atoms with Crippen LogP contribution >= 0.6 is 11.8 Å². The Labute approximate surface area is 88.7 Å². The minimum absolute atomic E-state index is 0.748. The van der Waals surface area contributed by atoms with Gasteiger partial charge in [-0.1, -0.05) is 20.3 Å². The van der Waals surface area contributed by atoms with Gasteiger partial charge in [-0.05, 0) is 12.2 Å². The topological polar surface area (TPSA) is 63.8 Å². The van der Waals surface area contributed by atoms with Crippen LogP contribution in [0.15, 0.2) is 11.4 Å². The van der Waals surface area contributed by atoms with E-state index in [9.17, 15) is 0 Å². The zero-order chi connectivity index (χ0) is 10.4. The van der Waals surface area contributed by atoms with E-state index in [2.05, 4.69) is 29.2 Å². The van der Waals surface area contributed by atoms with E-state index < -0.39 is 0 Å². The van der Waals surface area contributed by atoms with Crippen molar-refractivity contribution >= 4 is 17.6 Å². The number of nitrogens with one attached hydrogen (secondary N) is 1. The normalized spacial score (nSPS) is 10.2. The van der Waals surface area contributed by atoms with Gasteiger partial charge in [0.2, 0.25) is 0 Å². The molecule has 0 aromatic carbocycles. The predicted molar refractivity (Wildman–Crippen MR) is 60.2 cm³/mol. The van der Waals surface area contributed by atoms with Crippen molar-refractivity contribution in [1.29, 1.82) is 0 Å². The maximum absolute atomic E-state index is 5.40. The van der Waals surface area contributed by atoms with Gasteiger partial charge in [-0.2, -0.15) is 0 Å². The van der Waals surface area contributed by atoms with Gasteiger partial charge in [-0.15, -0.1) is 11.8 Å². The third-order valence-electron chi connectivity index (χ3n) is 1.82. The molecule has 0 aliphatic carbocycles. The summed E-state index contributed by atoms with van der Waals surface area (Å²) < 4.78 is 0. The summed E-state index contributed by atoms with van der Waals surface area (Å²) in [6.45, 7) is 4.24. The average molecular weight is 212 g/mol. The molecule has 0 saturated carbocycles. The van der Waals surface area contributed by atoms with Crippen LogP contribution in [0.4, 0.5) is 5.82 Å². The first kappa shape index (κ1) is 11.3. The minimum atomic E-state index is 0.748. The Kier molecular flexibility index (Phi) is 4.69. The summed E-state index contributed by atoms with van der Waals surface area (Å²) in [5.74, 6) is 7.16. The fourth-order valence-corrected chi connectivity index (χ4v) is 2.03. The van der Waals surface area contributed by atoms with Crippen LogP contribution in [0.3, 0.4) is 0 Å². The van der Waals surface area contributed by atoms with Crippen molar-refractivity contribution in [2.75, 3.05) is 11.2 Å². The van der Waals surface area contributed by atoms with Crippen molar-refractivity contribution in [1.82, 2.24) is 9.97 Å². The number of hydrogen-bond acceptors (Lipinski definition) is 5. The molecule has 0 saturated heterocycles. The molecule has 1 rings (SSSR count). The van der Waals surface area contributed by atoms with Gasteiger partial charge in [-0.25, -0.2) is 15.8 Å². The fourth-order valence-electron chi connectivity index (χ4n) is 1.26. The second-order valence-electron chi connectivity index (χ2n) is 2.83. The van der Waals surface area contributed by atoms with Gasteiger partial charge in [0.15, 0.2) is 0 Å². The molecule has 0 aliphatic heterocycles. The number of nitrogens with two attached hydrogens (primary N) is 1. The quantitative estimate of drug-likeness (QED) is 0.337. The zero-order valence-electron chi connectivity index (χ0n) is 8.58. The van der Waals surface area contributed by atoms with E-state index in [4.69, 9.17) is 5.84 Å². The molecule has 0 atom stereocenters. The highest BCUT2D eigenvalue weighted by molar-refractivity contribution is 7.99. The summed E-state index contributed by atoms with van der Waals surface area (Å²) in [7, 11) is 0. The van der Waals surface area contributed by atoms with Crippen molar-refractivity contribution in [3.63, 3.8) is 0 Å². The molecule has 0 radical (unpaired) electrons. The lowest BCUT2D eigenvalue weighted by Crippen LogP contribution is -2.12. The molecule has 0 bridgehead atoms. The monoisotopic (exact) mass is 212 g/mol. The summed E-state index contributed by atoms with van der Waals surface area (Å²) in [5, 5.41) is 1.04. The maximum Gasteiger partial charge on any atom is 0.147 e. The number of nitrogens with zero attached hydrogens (tertiary/aromatic N) is 2. The lowest BCUT2D eigenvalue weighted by atomic mass is 10.2. The summed E-state index contributed by atoms with van der Waals surface area (Å²) >= 11 is 1.72. The van der Waals surface area contributed by atoms with Crippen molar-refractivity contribution in [2.45, 2.75) is 31.7 Å². The van der Waals surface area contributed by atoms with Gasteiger partial charge in [0, 0.05) is 5.56 Å². The van der Waals surface area contributed by atoms with Crippen LogP contribution in [-0.4, -0.2) is 15.7 Å². The van der Waals surface area contributed by atoms with E-state index in [0.717, 1.165) is 35.0 Å². The summed E-state index contributed by atoms with van der Waals surface area (Å²) in [6, 6.07) is 0. The smallest absolute Gasteiger partial charge is 0.147 e. The van der Waals surface area contributed by atoms with Crippen LogP contribution < -0.4 is 11.3 Å². The van der Waals surface area contributed by atoms with Crippen LogP contribution in [-0.2, 0) is 6.42 Å². The lowest BCUT2D eigenvalue weighted by molar-refractivity contribution is 0.856. The van der Waals surface area contributed by atoms with Gasteiger partial charge < -0.3 is 5.43 Å². The average Bonchev–Trinajstić information content (AvgIpc) is 2.21. The Balaban J connectivity index is 3.00. The minimum Gasteiger partial charge on any atom is -0.308 e. The highest BCUT2D eigenvalue weighted by Crippen LogP contribution is 2.25. The predicted octanol–water partition coefficient (Wildman–Crippen LogP) is 1.83. The fraction of sp³-hybridized carbons (Fsp3) is 0.556. The molecule has 0 aliphatic rings. The van der Waals surface area contributed by atoms with Gasteiger partial charge in [0.05, 0.1) is 0 Å². The first-order chi connectivity index (χ1) is 6.83. The Hall–Kier alpha value is -0.810. The van der Waals surface area contributed by atoms with Gasteiger partial charge in [-0.3, -0.25) is 0 Å². The van der Waals surface area contributed by atoms with Crippen molar-refractivity contribution < 1.29 is 0 Å². The van der Waals surface area contributed by atoms with E-state index in [0.29, 0.717) is 0 Å². The Morgan fingerprint density at radius 2 is 2.21 bits per heavy atom. The molecule has 1 aromatic heterocycles. The zero-order valence-corrected chi connectivity index (χ0v) is 9.40. The van der Waals surface area contributed by atoms with Crippen LogP contribution in [0, 0.1) is 0 Å². The van der Waals surface area contributed by atoms with Crippen LogP contribution in [0.2, 0.25) is 0 Å². The van der Waals surface area contributed by atoms with Gasteiger partial charge in [0.25, 0.3) is 0 Å². The summed E-state index contributed by atoms with van der Waals surface area (Å²) in [6.07, 6.45) is 3.58. The van der Waals surface area contributed by atoms with E-state index in [1.807, 2.05) is 0 Å². The second-order valence-corrected chi connectivity index (χ2v) is 4.09. The van der Waals surface area contributed by atoms with E-state index >= 15 is 0 Å². The Morgan fingerprint density at radius 1 is 1.43 bits per heavy atom.